The van der Waals surface area contributed by atoms with Crippen molar-refractivity contribution in [3.63, 3.8) is 0 Å². The van der Waals surface area contributed by atoms with E-state index in [2.05, 4.69) is 17.2 Å². The molecule has 0 saturated carbocycles. The maximum absolute atomic E-state index is 11.9. The molecule has 0 fully saturated rings. The molecule has 1 heterocycles. The maximum atomic E-state index is 11.9. The lowest BCUT2D eigenvalue weighted by atomic mass is 10.1. The van der Waals surface area contributed by atoms with Gasteiger partial charge in [0.05, 0.1) is 10.2 Å². The highest BCUT2D eigenvalue weighted by Crippen LogP contribution is 2.22. The number of hydrogen-bond acceptors (Lipinski definition) is 5. The standard InChI is InChI=1S/C22H22N2O3S/c1-2-3-6-16-9-11-17(12-10-16)23-20(25)15-27-22(26)14-13-21-24-18-7-4-5-8-19(18)28-21/h4-5,7-14H,2-3,6,15H2,1H3,(H,23,25)/b14-13+. The van der Waals surface area contributed by atoms with Crippen molar-refractivity contribution in [2.45, 2.75) is 26.2 Å². The van der Waals surface area contributed by atoms with Crippen LogP contribution in [0.25, 0.3) is 16.3 Å². The number of aromatic nitrogens is 1. The fourth-order valence-electron chi connectivity index (χ4n) is 2.62. The van der Waals surface area contributed by atoms with E-state index in [0.29, 0.717) is 10.7 Å². The zero-order valence-corrected chi connectivity index (χ0v) is 16.5. The van der Waals surface area contributed by atoms with Crippen LogP contribution in [0.15, 0.2) is 54.6 Å². The molecule has 2 aromatic carbocycles. The number of fused-ring (bicyclic) bond motifs is 1. The zero-order valence-electron chi connectivity index (χ0n) is 15.7. The van der Waals surface area contributed by atoms with Crippen LogP contribution in [0.5, 0.6) is 0 Å². The number of hydrogen-bond donors (Lipinski definition) is 1. The number of carbonyl (C=O) groups excluding carboxylic acids is 2. The molecule has 1 amide bonds. The third-order valence-electron chi connectivity index (χ3n) is 4.07. The van der Waals surface area contributed by atoms with Gasteiger partial charge in [0.2, 0.25) is 0 Å². The number of para-hydroxylation sites is 1. The number of benzene rings is 2. The van der Waals surface area contributed by atoms with Crippen LogP contribution >= 0.6 is 11.3 Å². The van der Waals surface area contributed by atoms with E-state index in [1.54, 1.807) is 6.08 Å². The fourth-order valence-corrected chi connectivity index (χ4v) is 3.49. The Kier molecular flexibility index (Phi) is 6.92. The molecule has 0 saturated heterocycles. The van der Waals surface area contributed by atoms with Gasteiger partial charge in [0.1, 0.15) is 5.01 Å². The van der Waals surface area contributed by atoms with Crippen LogP contribution in [0, 0.1) is 0 Å². The summed E-state index contributed by atoms with van der Waals surface area (Å²) >= 11 is 1.49. The number of nitrogens with one attached hydrogen (secondary N) is 1. The predicted molar refractivity (Wildman–Crippen MR) is 113 cm³/mol. The minimum atomic E-state index is -0.579. The number of carbonyl (C=O) groups is 2. The van der Waals surface area contributed by atoms with Crippen LogP contribution in [0.3, 0.4) is 0 Å². The largest absolute Gasteiger partial charge is 0.452 e. The summed E-state index contributed by atoms with van der Waals surface area (Å²) in [6.45, 7) is 1.82. The van der Waals surface area contributed by atoms with Gasteiger partial charge in [0.25, 0.3) is 5.91 Å². The van der Waals surface area contributed by atoms with E-state index < -0.39 is 5.97 Å². The van der Waals surface area contributed by atoms with Crippen molar-refractivity contribution in [2.24, 2.45) is 0 Å². The Morgan fingerprint density at radius 2 is 1.93 bits per heavy atom. The van der Waals surface area contributed by atoms with Gasteiger partial charge >= 0.3 is 5.97 Å². The van der Waals surface area contributed by atoms with Crippen molar-refractivity contribution >= 4 is 45.2 Å². The molecule has 0 radical (unpaired) electrons. The van der Waals surface area contributed by atoms with Gasteiger partial charge < -0.3 is 10.1 Å². The van der Waals surface area contributed by atoms with E-state index in [1.807, 2.05) is 48.5 Å². The normalized spacial score (nSPS) is 11.0. The molecule has 0 atom stereocenters. The molecular formula is C22H22N2O3S. The van der Waals surface area contributed by atoms with E-state index >= 15 is 0 Å². The average Bonchev–Trinajstić information content (AvgIpc) is 3.13. The second-order valence-electron chi connectivity index (χ2n) is 6.31. The van der Waals surface area contributed by atoms with Crippen LogP contribution in [0.2, 0.25) is 0 Å². The van der Waals surface area contributed by atoms with Gasteiger partial charge in [0.15, 0.2) is 6.61 Å². The van der Waals surface area contributed by atoms with E-state index in [1.165, 1.54) is 23.0 Å². The van der Waals surface area contributed by atoms with Gasteiger partial charge in [0, 0.05) is 11.8 Å². The summed E-state index contributed by atoms with van der Waals surface area (Å²) < 4.78 is 6.04. The average molecular weight is 394 g/mol. The van der Waals surface area contributed by atoms with Gasteiger partial charge in [-0.05, 0) is 48.7 Å². The second-order valence-corrected chi connectivity index (χ2v) is 7.37. The minimum Gasteiger partial charge on any atom is -0.452 e. The molecule has 0 bridgehead atoms. The molecule has 3 rings (SSSR count). The van der Waals surface area contributed by atoms with Gasteiger partial charge in [-0.25, -0.2) is 9.78 Å². The molecule has 5 nitrogen and oxygen atoms in total. The third-order valence-corrected chi connectivity index (χ3v) is 5.08. The Labute approximate surface area is 168 Å². The van der Waals surface area contributed by atoms with Crippen molar-refractivity contribution in [3.05, 3.63) is 65.2 Å². The molecule has 1 aromatic heterocycles. The molecule has 6 heteroatoms. The molecule has 0 aliphatic rings. The van der Waals surface area contributed by atoms with Crippen molar-refractivity contribution in [1.82, 2.24) is 4.98 Å². The first-order chi connectivity index (χ1) is 13.6. The van der Waals surface area contributed by atoms with Crippen LogP contribution in [0.1, 0.15) is 30.3 Å². The molecule has 0 aliphatic carbocycles. The number of thiazole rings is 1. The monoisotopic (exact) mass is 394 g/mol. The lowest BCUT2D eigenvalue weighted by Crippen LogP contribution is -2.20. The van der Waals surface area contributed by atoms with Crippen LogP contribution in [0.4, 0.5) is 5.69 Å². The Hall–Kier alpha value is -2.99. The topological polar surface area (TPSA) is 68.3 Å². The highest BCUT2D eigenvalue weighted by atomic mass is 32.1. The zero-order chi connectivity index (χ0) is 19.8. The number of aryl methyl sites for hydroxylation is 1. The summed E-state index contributed by atoms with van der Waals surface area (Å²) in [5, 5.41) is 3.44. The highest BCUT2D eigenvalue weighted by Gasteiger charge is 2.07. The first-order valence-electron chi connectivity index (χ1n) is 9.23. The van der Waals surface area contributed by atoms with Crippen molar-refractivity contribution < 1.29 is 14.3 Å². The van der Waals surface area contributed by atoms with Crippen molar-refractivity contribution in [1.29, 1.82) is 0 Å². The van der Waals surface area contributed by atoms with Gasteiger partial charge in [-0.3, -0.25) is 4.79 Å². The summed E-state index contributed by atoms with van der Waals surface area (Å²) in [6, 6.07) is 15.5. The fraction of sp³-hybridized carbons (Fsp3) is 0.227. The number of anilines is 1. The van der Waals surface area contributed by atoms with Gasteiger partial charge in [-0.15, -0.1) is 11.3 Å². The predicted octanol–water partition coefficient (Wildman–Crippen LogP) is 4.83. The first-order valence-corrected chi connectivity index (χ1v) is 10.0. The first kappa shape index (κ1) is 19.8. The molecule has 0 spiro atoms. The van der Waals surface area contributed by atoms with Crippen molar-refractivity contribution in [2.75, 3.05) is 11.9 Å². The molecule has 28 heavy (non-hydrogen) atoms. The SMILES string of the molecule is CCCCc1ccc(NC(=O)COC(=O)/C=C/c2nc3ccccc3s2)cc1. The number of amides is 1. The van der Waals surface area contributed by atoms with E-state index in [4.69, 9.17) is 4.74 Å². The van der Waals surface area contributed by atoms with Crippen LogP contribution in [-0.4, -0.2) is 23.5 Å². The summed E-state index contributed by atoms with van der Waals surface area (Å²) in [5.74, 6) is -0.952. The molecule has 0 unspecified atom stereocenters. The second kappa shape index (κ2) is 9.80. The summed E-state index contributed by atoms with van der Waals surface area (Å²) in [4.78, 5) is 28.2. The van der Waals surface area contributed by atoms with Gasteiger partial charge in [-0.1, -0.05) is 37.6 Å². The lowest BCUT2D eigenvalue weighted by Gasteiger charge is -2.06. The molecular weight excluding hydrogens is 372 g/mol. The Morgan fingerprint density at radius 1 is 1.14 bits per heavy atom. The summed E-state index contributed by atoms with van der Waals surface area (Å²) in [5.41, 5.74) is 2.82. The number of rotatable bonds is 8. The maximum Gasteiger partial charge on any atom is 0.331 e. The van der Waals surface area contributed by atoms with E-state index in [9.17, 15) is 9.59 Å². The summed E-state index contributed by atoms with van der Waals surface area (Å²) in [6.07, 6.45) is 6.21. The van der Waals surface area contributed by atoms with Gasteiger partial charge in [-0.2, -0.15) is 0 Å². The molecule has 3 aromatic rings. The quantitative estimate of drug-likeness (QED) is 0.439. The Morgan fingerprint density at radius 3 is 2.68 bits per heavy atom. The van der Waals surface area contributed by atoms with E-state index in [0.717, 1.165) is 29.5 Å². The minimum absolute atomic E-state index is 0.333. The third kappa shape index (κ3) is 5.76. The highest BCUT2D eigenvalue weighted by molar-refractivity contribution is 7.19. The number of nitrogens with zero attached hydrogens (tertiary/aromatic N) is 1. The number of unbranched alkanes of at least 4 members (excludes halogenated alkanes) is 1. The number of esters is 1. The smallest absolute Gasteiger partial charge is 0.331 e. The van der Waals surface area contributed by atoms with Crippen molar-refractivity contribution in [3.8, 4) is 0 Å². The Balaban J connectivity index is 1.45. The number of ether oxygens (including phenoxy) is 1. The van der Waals surface area contributed by atoms with Crippen LogP contribution < -0.4 is 5.32 Å². The van der Waals surface area contributed by atoms with Crippen LogP contribution in [-0.2, 0) is 20.7 Å². The Bertz CT molecular complexity index is 944. The van der Waals surface area contributed by atoms with E-state index in [-0.39, 0.29) is 12.5 Å². The molecule has 144 valence electrons. The summed E-state index contributed by atoms with van der Waals surface area (Å²) in [7, 11) is 0. The molecule has 1 N–H and O–H groups in total. The molecule has 0 aliphatic heterocycles. The lowest BCUT2D eigenvalue weighted by molar-refractivity contribution is -0.142.